The van der Waals surface area contributed by atoms with Crippen molar-refractivity contribution in [2.24, 2.45) is 0 Å². The maximum absolute atomic E-state index is 12.6. The normalized spacial score (nSPS) is 15.8. The van der Waals surface area contributed by atoms with Gasteiger partial charge in [-0.15, -0.1) is 11.3 Å². The van der Waals surface area contributed by atoms with Crippen molar-refractivity contribution in [2.45, 2.75) is 38.8 Å². The number of hydrogen-bond donors (Lipinski definition) is 2. The van der Waals surface area contributed by atoms with Gasteiger partial charge in [-0.1, -0.05) is 24.3 Å². The summed E-state index contributed by atoms with van der Waals surface area (Å²) in [5.74, 6) is 0. The molecule has 0 spiro atoms. The van der Waals surface area contributed by atoms with Gasteiger partial charge >= 0.3 is 6.03 Å². The van der Waals surface area contributed by atoms with Crippen LogP contribution in [0, 0.1) is 0 Å². The fourth-order valence-electron chi connectivity index (χ4n) is 3.67. The van der Waals surface area contributed by atoms with Gasteiger partial charge < -0.3 is 15.5 Å². The summed E-state index contributed by atoms with van der Waals surface area (Å²) in [6.45, 7) is 6.51. The van der Waals surface area contributed by atoms with Gasteiger partial charge in [-0.05, 0) is 51.0 Å². The molecule has 5 nitrogen and oxygen atoms in total. The second-order valence-corrected chi connectivity index (χ2v) is 8.57. The third-order valence-electron chi connectivity index (χ3n) is 5.29. The third kappa shape index (κ3) is 4.18. The Morgan fingerprint density at radius 1 is 1.11 bits per heavy atom. The molecule has 1 aliphatic rings. The number of urea groups is 1. The zero-order valence-corrected chi connectivity index (χ0v) is 17.1. The van der Waals surface area contributed by atoms with Gasteiger partial charge in [0.1, 0.15) is 5.01 Å². The second kappa shape index (κ2) is 8.29. The zero-order valence-electron chi connectivity index (χ0n) is 16.3. The van der Waals surface area contributed by atoms with Crippen LogP contribution in [0.3, 0.4) is 0 Å². The highest BCUT2D eigenvalue weighted by Crippen LogP contribution is 2.34. The number of nitrogens with zero attached hydrogens (tertiary/aromatic N) is 2. The molecule has 2 amide bonds. The Kier molecular flexibility index (Phi) is 5.59. The van der Waals surface area contributed by atoms with Crippen molar-refractivity contribution in [2.75, 3.05) is 18.4 Å². The quantitative estimate of drug-likeness (QED) is 0.658. The number of amides is 2. The highest BCUT2D eigenvalue weighted by Gasteiger charge is 2.22. The number of piperidine rings is 1. The van der Waals surface area contributed by atoms with Crippen molar-refractivity contribution in [1.82, 2.24) is 15.2 Å². The lowest BCUT2D eigenvalue weighted by atomic mass is 10.0. The summed E-state index contributed by atoms with van der Waals surface area (Å²) < 4.78 is 1.15. The first-order valence-electron chi connectivity index (χ1n) is 9.86. The van der Waals surface area contributed by atoms with Gasteiger partial charge in [0.25, 0.3) is 0 Å². The smallest absolute Gasteiger partial charge is 0.319 e. The monoisotopic (exact) mass is 394 g/mol. The van der Waals surface area contributed by atoms with Gasteiger partial charge in [-0.25, -0.2) is 9.78 Å². The van der Waals surface area contributed by atoms with E-state index in [1.807, 2.05) is 42.5 Å². The summed E-state index contributed by atoms with van der Waals surface area (Å²) in [5, 5.41) is 7.09. The Morgan fingerprint density at radius 3 is 2.57 bits per heavy atom. The summed E-state index contributed by atoms with van der Waals surface area (Å²) in [7, 11) is 0. The Labute approximate surface area is 169 Å². The molecular formula is C22H26N4OS. The van der Waals surface area contributed by atoms with E-state index in [1.54, 1.807) is 11.3 Å². The number of fused-ring (bicyclic) bond motifs is 1. The lowest BCUT2D eigenvalue weighted by molar-refractivity contribution is 0.163. The number of rotatable bonds is 4. The second-order valence-electron chi connectivity index (χ2n) is 7.53. The van der Waals surface area contributed by atoms with Crippen molar-refractivity contribution >= 4 is 33.3 Å². The number of hydrogen-bond acceptors (Lipinski definition) is 4. The van der Waals surface area contributed by atoms with Crippen LogP contribution in [0.5, 0.6) is 0 Å². The van der Waals surface area contributed by atoms with Crippen LogP contribution in [0.15, 0.2) is 48.5 Å². The molecule has 1 aliphatic heterocycles. The molecule has 1 fully saturated rings. The average Bonchev–Trinajstić information content (AvgIpc) is 3.12. The van der Waals surface area contributed by atoms with Gasteiger partial charge in [0, 0.05) is 30.7 Å². The van der Waals surface area contributed by atoms with Gasteiger partial charge in [0.2, 0.25) is 0 Å². The first-order valence-corrected chi connectivity index (χ1v) is 10.7. The predicted octanol–water partition coefficient (Wildman–Crippen LogP) is 4.96. The van der Waals surface area contributed by atoms with Gasteiger partial charge in [0.05, 0.1) is 15.9 Å². The van der Waals surface area contributed by atoms with E-state index < -0.39 is 0 Å². The Balaban J connectivity index is 1.45. The van der Waals surface area contributed by atoms with E-state index in [9.17, 15) is 4.79 Å². The van der Waals surface area contributed by atoms with Crippen LogP contribution in [-0.2, 0) is 0 Å². The first kappa shape index (κ1) is 18.9. The molecule has 146 valence electrons. The lowest BCUT2D eigenvalue weighted by Gasteiger charge is -2.34. The SMILES string of the molecule is CC(C)N1CCC(NC(=O)Nc2ccccc2-c2nc3ccccc3s2)CC1. The highest BCUT2D eigenvalue weighted by molar-refractivity contribution is 7.21. The molecule has 2 heterocycles. The van der Waals surface area contributed by atoms with Gasteiger partial charge in [-0.3, -0.25) is 0 Å². The number of carbonyl (C=O) groups excluding carboxylic acids is 1. The topological polar surface area (TPSA) is 57.3 Å². The largest absolute Gasteiger partial charge is 0.335 e. The van der Waals surface area contributed by atoms with Crippen LogP contribution in [0.1, 0.15) is 26.7 Å². The molecule has 2 N–H and O–H groups in total. The number of anilines is 1. The summed E-state index contributed by atoms with van der Waals surface area (Å²) in [6.07, 6.45) is 1.98. The Bertz CT molecular complexity index is 927. The number of likely N-dealkylation sites (tertiary alicyclic amines) is 1. The molecule has 3 aromatic rings. The minimum absolute atomic E-state index is 0.142. The summed E-state index contributed by atoms with van der Waals surface area (Å²) in [5.41, 5.74) is 2.73. The number of aromatic nitrogens is 1. The molecule has 28 heavy (non-hydrogen) atoms. The molecule has 1 saturated heterocycles. The van der Waals surface area contributed by atoms with Crippen LogP contribution in [0.4, 0.5) is 10.5 Å². The Morgan fingerprint density at radius 2 is 1.82 bits per heavy atom. The van der Waals surface area contributed by atoms with E-state index in [2.05, 4.69) is 35.4 Å². The standard InChI is InChI=1S/C22H26N4OS/c1-15(2)26-13-11-16(12-14-26)23-22(27)25-18-8-4-3-7-17(18)21-24-19-9-5-6-10-20(19)28-21/h3-10,15-16H,11-14H2,1-2H3,(H2,23,25,27). The fourth-order valence-corrected chi connectivity index (χ4v) is 4.68. The maximum atomic E-state index is 12.6. The van der Waals surface area contributed by atoms with Crippen molar-refractivity contribution in [3.63, 3.8) is 0 Å². The van der Waals surface area contributed by atoms with Crippen molar-refractivity contribution in [1.29, 1.82) is 0 Å². The number of benzene rings is 2. The molecule has 1 aromatic heterocycles. The van der Waals surface area contributed by atoms with Crippen LogP contribution >= 0.6 is 11.3 Å². The van der Waals surface area contributed by atoms with Crippen LogP contribution in [0.2, 0.25) is 0 Å². The van der Waals surface area contributed by atoms with Crippen molar-refractivity contribution in [3.8, 4) is 10.6 Å². The maximum Gasteiger partial charge on any atom is 0.319 e. The molecule has 0 atom stereocenters. The molecule has 0 saturated carbocycles. The van der Waals surface area contributed by atoms with Crippen LogP contribution in [-0.4, -0.2) is 41.1 Å². The highest BCUT2D eigenvalue weighted by atomic mass is 32.1. The lowest BCUT2D eigenvalue weighted by Crippen LogP contribution is -2.47. The van der Waals surface area contributed by atoms with E-state index in [0.717, 1.165) is 52.4 Å². The minimum Gasteiger partial charge on any atom is -0.335 e. The number of carbonyl (C=O) groups is 1. The van der Waals surface area contributed by atoms with Crippen LogP contribution in [0.25, 0.3) is 20.8 Å². The fraction of sp³-hybridized carbons (Fsp3) is 0.364. The minimum atomic E-state index is -0.142. The zero-order chi connectivity index (χ0) is 19.5. The summed E-state index contributed by atoms with van der Waals surface area (Å²) in [4.78, 5) is 19.8. The molecule has 0 unspecified atom stereocenters. The van der Waals surface area contributed by atoms with Crippen LogP contribution < -0.4 is 10.6 Å². The summed E-state index contributed by atoms with van der Waals surface area (Å²) >= 11 is 1.64. The van der Waals surface area contributed by atoms with E-state index in [4.69, 9.17) is 4.98 Å². The number of thiazole rings is 1. The average molecular weight is 395 g/mol. The van der Waals surface area contributed by atoms with E-state index in [-0.39, 0.29) is 12.1 Å². The molecule has 0 radical (unpaired) electrons. The van der Waals surface area contributed by atoms with Gasteiger partial charge in [0.15, 0.2) is 0 Å². The van der Waals surface area contributed by atoms with E-state index in [0.29, 0.717) is 6.04 Å². The first-order chi connectivity index (χ1) is 13.6. The van der Waals surface area contributed by atoms with Crippen molar-refractivity contribution < 1.29 is 4.79 Å². The number of nitrogens with one attached hydrogen (secondary N) is 2. The molecule has 4 rings (SSSR count). The number of para-hydroxylation sites is 2. The molecule has 6 heteroatoms. The molecule has 2 aromatic carbocycles. The van der Waals surface area contributed by atoms with E-state index >= 15 is 0 Å². The third-order valence-corrected chi connectivity index (χ3v) is 6.36. The molecule has 0 bridgehead atoms. The van der Waals surface area contributed by atoms with Crippen molar-refractivity contribution in [3.05, 3.63) is 48.5 Å². The molecular weight excluding hydrogens is 368 g/mol. The predicted molar refractivity (Wildman–Crippen MR) is 117 cm³/mol. The van der Waals surface area contributed by atoms with E-state index in [1.165, 1.54) is 0 Å². The Hall–Kier alpha value is -2.44. The molecule has 0 aliphatic carbocycles. The summed E-state index contributed by atoms with van der Waals surface area (Å²) in [6, 6.07) is 16.6. The van der Waals surface area contributed by atoms with Gasteiger partial charge in [-0.2, -0.15) is 0 Å².